The molecule has 0 saturated carbocycles. The van der Waals surface area contributed by atoms with E-state index in [9.17, 15) is 14.3 Å². The highest BCUT2D eigenvalue weighted by molar-refractivity contribution is 6.39. The third-order valence-electron chi connectivity index (χ3n) is 2.77. The van der Waals surface area contributed by atoms with E-state index in [1.165, 1.54) is 6.07 Å². The summed E-state index contributed by atoms with van der Waals surface area (Å²) in [5.74, 6) is -2.15. The van der Waals surface area contributed by atoms with Crippen LogP contribution in [0.15, 0.2) is 36.4 Å². The van der Waals surface area contributed by atoms with Gasteiger partial charge in [0.15, 0.2) is 6.10 Å². The van der Waals surface area contributed by atoms with E-state index in [0.717, 1.165) is 12.1 Å². The first kappa shape index (κ1) is 14.8. The van der Waals surface area contributed by atoms with Gasteiger partial charge >= 0.3 is 5.97 Å². The summed E-state index contributed by atoms with van der Waals surface area (Å²) >= 11 is 12.1. The molecule has 6 heteroatoms. The van der Waals surface area contributed by atoms with Gasteiger partial charge in [-0.25, -0.2) is 9.18 Å². The molecular formula is C14H9Cl2FO3. The first-order valence-electron chi connectivity index (χ1n) is 5.56. The SMILES string of the molecule is O=C(O)C(O)c1cc(F)ccc1-c1c(Cl)cccc1Cl. The second-order valence-electron chi connectivity index (χ2n) is 4.07. The van der Waals surface area contributed by atoms with Gasteiger partial charge in [0.1, 0.15) is 5.82 Å². The lowest BCUT2D eigenvalue weighted by Crippen LogP contribution is -2.12. The van der Waals surface area contributed by atoms with Gasteiger partial charge in [-0.2, -0.15) is 0 Å². The van der Waals surface area contributed by atoms with Gasteiger partial charge in [-0.3, -0.25) is 0 Å². The van der Waals surface area contributed by atoms with Crippen molar-refractivity contribution in [2.45, 2.75) is 6.10 Å². The fourth-order valence-corrected chi connectivity index (χ4v) is 2.48. The van der Waals surface area contributed by atoms with Crippen molar-refractivity contribution in [3.05, 3.63) is 57.8 Å². The molecule has 0 saturated heterocycles. The van der Waals surface area contributed by atoms with Crippen LogP contribution in [0.4, 0.5) is 4.39 Å². The molecule has 2 aromatic carbocycles. The number of rotatable bonds is 3. The summed E-state index contributed by atoms with van der Waals surface area (Å²) in [5, 5.41) is 19.2. The third kappa shape index (κ3) is 2.77. The Morgan fingerprint density at radius 1 is 1.15 bits per heavy atom. The molecule has 2 rings (SSSR count). The molecule has 0 aromatic heterocycles. The van der Waals surface area contributed by atoms with Crippen LogP contribution in [0.1, 0.15) is 11.7 Å². The van der Waals surface area contributed by atoms with E-state index in [-0.39, 0.29) is 21.2 Å². The molecule has 0 spiro atoms. The molecule has 0 fully saturated rings. The van der Waals surface area contributed by atoms with E-state index in [2.05, 4.69) is 0 Å². The average molecular weight is 315 g/mol. The van der Waals surface area contributed by atoms with Gasteiger partial charge in [-0.15, -0.1) is 0 Å². The molecule has 1 unspecified atom stereocenters. The molecule has 2 aromatic rings. The first-order valence-corrected chi connectivity index (χ1v) is 6.32. The number of carboxylic acid groups (broad SMARTS) is 1. The summed E-state index contributed by atoms with van der Waals surface area (Å²) in [5.41, 5.74) is 0.524. The average Bonchev–Trinajstić information content (AvgIpc) is 2.39. The summed E-state index contributed by atoms with van der Waals surface area (Å²) in [6, 6.07) is 8.21. The van der Waals surface area contributed by atoms with Crippen molar-refractivity contribution < 1.29 is 19.4 Å². The lowest BCUT2D eigenvalue weighted by Gasteiger charge is -2.15. The molecule has 0 heterocycles. The second-order valence-corrected chi connectivity index (χ2v) is 4.88. The second kappa shape index (κ2) is 5.79. The zero-order valence-electron chi connectivity index (χ0n) is 9.98. The van der Waals surface area contributed by atoms with Crippen LogP contribution in [0.5, 0.6) is 0 Å². The number of aliphatic hydroxyl groups is 1. The number of hydrogen-bond donors (Lipinski definition) is 2. The molecular weight excluding hydrogens is 306 g/mol. The number of carbonyl (C=O) groups is 1. The Kier molecular flexibility index (Phi) is 4.28. The lowest BCUT2D eigenvalue weighted by atomic mass is 9.96. The van der Waals surface area contributed by atoms with Crippen LogP contribution in [0.2, 0.25) is 10.0 Å². The molecule has 2 N–H and O–H groups in total. The number of aliphatic hydroxyl groups excluding tert-OH is 1. The smallest absolute Gasteiger partial charge is 0.337 e. The van der Waals surface area contributed by atoms with E-state index in [4.69, 9.17) is 28.3 Å². The normalized spacial score (nSPS) is 12.2. The Morgan fingerprint density at radius 3 is 2.30 bits per heavy atom. The van der Waals surface area contributed by atoms with Gasteiger partial charge < -0.3 is 10.2 Å². The van der Waals surface area contributed by atoms with Crippen LogP contribution in [-0.4, -0.2) is 16.2 Å². The number of hydrogen-bond acceptors (Lipinski definition) is 2. The molecule has 20 heavy (non-hydrogen) atoms. The zero-order chi connectivity index (χ0) is 14.9. The van der Waals surface area contributed by atoms with Crippen molar-refractivity contribution in [1.82, 2.24) is 0 Å². The minimum Gasteiger partial charge on any atom is -0.479 e. The van der Waals surface area contributed by atoms with Crippen LogP contribution < -0.4 is 0 Å². The molecule has 3 nitrogen and oxygen atoms in total. The van der Waals surface area contributed by atoms with Gasteiger partial charge in [0.25, 0.3) is 0 Å². The van der Waals surface area contributed by atoms with Crippen molar-refractivity contribution in [2.24, 2.45) is 0 Å². The molecule has 0 aliphatic rings. The summed E-state index contributed by atoms with van der Waals surface area (Å²) in [7, 11) is 0. The lowest BCUT2D eigenvalue weighted by molar-refractivity contribution is -0.146. The summed E-state index contributed by atoms with van der Waals surface area (Å²) in [6.07, 6.45) is -1.87. The Morgan fingerprint density at radius 2 is 1.75 bits per heavy atom. The number of benzene rings is 2. The molecule has 0 amide bonds. The Hall–Kier alpha value is -1.62. The molecule has 0 radical (unpaired) electrons. The predicted octanol–water partition coefficient (Wildman–Crippen LogP) is 3.92. The highest BCUT2D eigenvalue weighted by Gasteiger charge is 2.23. The van der Waals surface area contributed by atoms with Crippen molar-refractivity contribution in [2.75, 3.05) is 0 Å². The van der Waals surface area contributed by atoms with E-state index < -0.39 is 17.9 Å². The van der Waals surface area contributed by atoms with Gasteiger partial charge in [-0.05, 0) is 29.8 Å². The van der Waals surface area contributed by atoms with Gasteiger partial charge in [-0.1, -0.05) is 35.3 Å². The molecule has 1 atom stereocenters. The Balaban J connectivity index is 2.71. The molecule has 0 aliphatic carbocycles. The number of halogens is 3. The number of aliphatic carboxylic acids is 1. The standard InChI is InChI=1S/C14H9Cl2FO3/c15-10-2-1-3-11(16)12(10)8-5-4-7(17)6-9(8)13(18)14(19)20/h1-6,13,18H,(H,19,20). The highest BCUT2D eigenvalue weighted by atomic mass is 35.5. The minimum absolute atomic E-state index is 0.104. The van der Waals surface area contributed by atoms with Crippen molar-refractivity contribution in [3.8, 4) is 11.1 Å². The maximum absolute atomic E-state index is 13.3. The topological polar surface area (TPSA) is 57.5 Å². The Labute approximate surface area is 124 Å². The molecule has 0 bridgehead atoms. The monoisotopic (exact) mass is 314 g/mol. The van der Waals surface area contributed by atoms with E-state index in [1.54, 1.807) is 18.2 Å². The van der Waals surface area contributed by atoms with E-state index in [0.29, 0.717) is 5.56 Å². The third-order valence-corrected chi connectivity index (χ3v) is 3.40. The number of carboxylic acids is 1. The maximum atomic E-state index is 13.3. The largest absolute Gasteiger partial charge is 0.479 e. The fourth-order valence-electron chi connectivity index (χ4n) is 1.88. The predicted molar refractivity (Wildman–Crippen MR) is 74.5 cm³/mol. The highest BCUT2D eigenvalue weighted by Crippen LogP contribution is 2.38. The van der Waals surface area contributed by atoms with Crippen molar-refractivity contribution in [1.29, 1.82) is 0 Å². The van der Waals surface area contributed by atoms with Crippen LogP contribution >= 0.6 is 23.2 Å². The zero-order valence-corrected chi connectivity index (χ0v) is 11.5. The van der Waals surface area contributed by atoms with E-state index in [1.807, 2.05) is 0 Å². The summed E-state index contributed by atoms with van der Waals surface area (Å²) in [4.78, 5) is 10.9. The maximum Gasteiger partial charge on any atom is 0.337 e. The fraction of sp³-hybridized carbons (Fsp3) is 0.0714. The Bertz CT molecular complexity index is 653. The van der Waals surface area contributed by atoms with Crippen molar-refractivity contribution in [3.63, 3.8) is 0 Å². The van der Waals surface area contributed by atoms with E-state index >= 15 is 0 Å². The van der Waals surface area contributed by atoms with Crippen LogP contribution in [0.3, 0.4) is 0 Å². The summed E-state index contributed by atoms with van der Waals surface area (Å²) < 4.78 is 13.3. The molecule has 104 valence electrons. The van der Waals surface area contributed by atoms with Crippen LogP contribution in [-0.2, 0) is 4.79 Å². The van der Waals surface area contributed by atoms with Crippen molar-refractivity contribution >= 4 is 29.2 Å². The van der Waals surface area contributed by atoms with Gasteiger partial charge in [0.05, 0.1) is 0 Å². The van der Waals surface area contributed by atoms with Crippen LogP contribution in [0.25, 0.3) is 11.1 Å². The first-order chi connectivity index (χ1) is 9.41. The minimum atomic E-state index is -1.87. The van der Waals surface area contributed by atoms with Gasteiger partial charge in [0.2, 0.25) is 0 Å². The van der Waals surface area contributed by atoms with Gasteiger partial charge in [0, 0.05) is 21.2 Å². The summed E-state index contributed by atoms with van der Waals surface area (Å²) in [6.45, 7) is 0. The van der Waals surface area contributed by atoms with Crippen LogP contribution in [0, 0.1) is 5.82 Å². The molecule has 0 aliphatic heterocycles. The quantitative estimate of drug-likeness (QED) is 0.902.